The number of hydrogen-bond acceptors (Lipinski definition) is 4. The second kappa shape index (κ2) is 5.08. The summed E-state index contributed by atoms with van der Waals surface area (Å²) in [6, 6.07) is 0. The highest BCUT2D eigenvalue weighted by atomic mass is 32.2. The maximum atomic E-state index is 11.6. The molecule has 0 spiro atoms. The summed E-state index contributed by atoms with van der Waals surface area (Å²) in [7, 11) is 0. The molecule has 0 aliphatic carbocycles. The Morgan fingerprint density at radius 3 is 2.38 bits per heavy atom. The van der Waals surface area contributed by atoms with E-state index in [1.165, 1.54) is 11.8 Å². The van der Waals surface area contributed by atoms with Gasteiger partial charge in [-0.3, -0.25) is 4.79 Å². The largest absolute Gasteiger partial charge is 0.444 e. The van der Waals surface area contributed by atoms with Crippen LogP contribution in [0.4, 0.5) is 4.79 Å². The molecular formula is C11H19NO3S. The van der Waals surface area contributed by atoms with Crippen LogP contribution in [0.25, 0.3) is 0 Å². The molecule has 1 fully saturated rings. The molecule has 92 valence electrons. The van der Waals surface area contributed by atoms with Gasteiger partial charge >= 0.3 is 6.09 Å². The zero-order chi connectivity index (χ0) is 12.3. The molecule has 4 nitrogen and oxygen atoms in total. The Labute approximate surface area is 101 Å². The van der Waals surface area contributed by atoms with Crippen LogP contribution in [0.2, 0.25) is 0 Å². The molecule has 1 rings (SSSR count). The van der Waals surface area contributed by atoms with Crippen molar-refractivity contribution in [1.82, 2.24) is 4.90 Å². The highest BCUT2D eigenvalue weighted by molar-refractivity contribution is 8.13. The Bertz CT molecular complexity index is 279. The lowest BCUT2D eigenvalue weighted by molar-refractivity contribution is -0.109. The Morgan fingerprint density at radius 1 is 1.38 bits per heavy atom. The minimum atomic E-state index is -0.434. The first-order valence-corrected chi connectivity index (χ1v) is 6.38. The molecule has 0 N–H and O–H groups in total. The van der Waals surface area contributed by atoms with Crippen LogP contribution in [0, 0.1) is 5.92 Å². The smallest absolute Gasteiger partial charge is 0.410 e. The highest BCUT2D eigenvalue weighted by Gasteiger charge is 2.33. The van der Waals surface area contributed by atoms with Crippen LogP contribution in [0.1, 0.15) is 27.7 Å². The van der Waals surface area contributed by atoms with E-state index in [4.69, 9.17) is 4.74 Å². The van der Waals surface area contributed by atoms with E-state index in [0.29, 0.717) is 19.0 Å². The normalized spacial score (nSPS) is 16.9. The van der Waals surface area contributed by atoms with E-state index in [2.05, 4.69) is 0 Å². The fraction of sp³-hybridized carbons (Fsp3) is 0.818. The average Bonchev–Trinajstić information content (AvgIpc) is 1.96. The Morgan fingerprint density at radius 2 is 1.94 bits per heavy atom. The van der Waals surface area contributed by atoms with Crippen molar-refractivity contribution in [3.05, 3.63) is 0 Å². The first-order valence-electron chi connectivity index (χ1n) is 5.39. The lowest BCUT2D eigenvalue weighted by Gasteiger charge is -2.39. The molecule has 1 heterocycles. The topological polar surface area (TPSA) is 46.6 Å². The Kier molecular flexibility index (Phi) is 4.24. The van der Waals surface area contributed by atoms with Crippen molar-refractivity contribution >= 4 is 23.0 Å². The minimum Gasteiger partial charge on any atom is -0.444 e. The third kappa shape index (κ3) is 4.43. The number of carbonyl (C=O) groups is 2. The molecular weight excluding hydrogens is 226 g/mol. The van der Waals surface area contributed by atoms with Crippen LogP contribution in [0.15, 0.2) is 0 Å². The summed E-state index contributed by atoms with van der Waals surface area (Å²) < 4.78 is 5.23. The van der Waals surface area contributed by atoms with E-state index in [1.807, 2.05) is 20.8 Å². The summed E-state index contributed by atoms with van der Waals surface area (Å²) in [6.07, 6.45) is -0.253. The molecule has 1 amide bonds. The summed E-state index contributed by atoms with van der Waals surface area (Å²) in [6.45, 7) is 8.54. The Balaban J connectivity index is 2.20. The molecule has 1 saturated heterocycles. The summed E-state index contributed by atoms with van der Waals surface area (Å²) in [5.41, 5.74) is -0.434. The summed E-state index contributed by atoms with van der Waals surface area (Å²) in [5.74, 6) is 1.23. The van der Waals surface area contributed by atoms with Gasteiger partial charge in [-0.2, -0.15) is 0 Å². The number of thioether (sulfide) groups is 1. The molecule has 1 aliphatic rings. The van der Waals surface area contributed by atoms with Crippen molar-refractivity contribution in [1.29, 1.82) is 0 Å². The molecule has 0 bridgehead atoms. The van der Waals surface area contributed by atoms with Crippen molar-refractivity contribution < 1.29 is 14.3 Å². The number of nitrogens with zero attached hydrogens (tertiary/aromatic N) is 1. The molecule has 5 heteroatoms. The highest BCUT2D eigenvalue weighted by Crippen LogP contribution is 2.22. The van der Waals surface area contributed by atoms with Gasteiger partial charge < -0.3 is 9.64 Å². The quantitative estimate of drug-likeness (QED) is 0.747. The lowest BCUT2D eigenvalue weighted by atomic mass is 10.0. The predicted octanol–water partition coefficient (Wildman–Crippen LogP) is 2.13. The molecule has 1 aliphatic heterocycles. The summed E-state index contributed by atoms with van der Waals surface area (Å²) in [4.78, 5) is 24.0. The van der Waals surface area contributed by atoms with Gasteiger partial charge in [0.05, 0.1) is 0 Å². The second-order valence-corrected chi connectivity index (χ2v) is 6.25. The molecule has 16 heavy (non-hydrogen) atoms. The van der Waals surface area contributed by atoms with E-state index < -0.39 is 5.60 Å². The molecule has 0 aromatic heterocycles. The van der Waals surface area contributed by atoms with Gasteiger partial charge in [-0.25, -0.2) is 4.79 Å². The number of ether oxygens (including phenoxy) is 1. The van der Waals surface area contributed by atoms with Crippen molar-refractivity contribution in [2.24, 2.45) is 5.92 Å². The van der Waals surface area contributed by atoms with Crippen LogP contribution in [-0.2, 0) is 9.53 Å². The van der Waals surface area contributed by atoms with Gasteiger partial charge in [-0.1, -0.05) is 11.8 Å². The maximum Gasteiger partial charge on any atom is 0.410 e. The number of likely N-dealkylation sites (tertiary alicyclic amines) is 1. The van der Waals surface area contributed by atoms with Gasteiger partial charge in [0.1, 0.15) is 5.60 Å². The average molecular weight is 245 g/mol. The molecule has 0 aromatic rings. The van der Waals surface area contributed by atoms with Crippen LogP contribution in [0.3, 0.4) is 0 Å². The number of amides is 1. The van der Waals surface area contributed by atoms with Crippen LogP contribution in [-0.4, -0.2) is 40.6 Å². The van der Waals surface area contributed by atoms with Crippen molar-refractivity contribution in [2.45, 2.75) is 33.3 Å². The van der Waals surface area contributed by atoms with Crippen LogP contribution < -0.4 is 0 Å². The monoisotopic (exact) mass is 245 g/mol. The van der Waals surface area contributed by atoms with Crippen LogP contribution in [0.5, 0.6) is 0 Å². The van der Waals surface area contributed by atoms with E-state index in [-0.39, 0.29) is 11.2 Å². The first-order chi connectivity index (χ1) is 7.28. The van der Waals surface area contributed by atoms with Gasteiger partial charge in [-0.05, 0) is 20.8 Å². The van der Waals surface area contributed by atoms with Gasteiger partial charge in [0.15, 0.2) is 5.12 Å². The van der Waals surface area contributed by atoms with Crippen molar-refractivity contribution in [2.75, 3.05) is 18.8 Å². The number of carbonyl (C=O) groups excluding carboxylic acids is 2. The van der Waals surface area contributed by atoms with Gasteiger partial charge in [0.2, 0.25) is 0 Å². The molecule has 0 atom stereocenters. The molecule has 0 saturated carbocycles. The SMILES string of the molecule is CC(=O)SCC1CN(C(=O)OC(C)(C)C)C1. The van der Waals surface area contributed by atoms with Crippen LogP contribution >= 0.6 is 11.8 Å². The Hall–Kier alpha value is -0.710. The van der Waals surface area contributed by atoms with E-state index in [1.54, 1.807) is 11.8 Å². The zero-order valence-corrected chi connectivity index (χ0v) is 11.1. The van der Waals surface area contributed by atoms with Crippen molar-refractivity contribution in [3.8, 4) is 0 Å². The lowest BCUT2D eigenvalue weighted by Crippen LogP contribution is -2.52. The number of rotatable bonds is 2. The number of hydrogen-bond donors (Lipinski definition) is 0. The fourth-order valence-corrected chi connectivity index (χ4v) is 2.07. The summed E-state index contributed by atoms with van der Waals surface area (Å²) >= 11 is 1.32. The van der Waals surface area contributed by atoms with E-state index in [0.717, 1.165) is 5.75 Å². The zero-order valence-electron chi connectivity index (χ0n) is 10.3. The van der Waals surface area contributed by atoms with Gasteiger partial charge in [-0.15, -0.1) is 0 Å². The van der Waals surface area contributed by atoms with Gasteiger partial charge in [0, 0.05) is 31.7 Å². The summed E-state index contributed by atoms with van der Waals surface area (Å²) in [5, 5.41) is 0.135. The van der Waals surface area contributed by atoms with E-state index >= 15 is 0 Å². The molecule has 0 unspecified atom stereocenters. The van der Waals surface area contributed by atoms with Crippen molar-refractivity contribution in [3.63, 3.8) is 0 Å². The molecule has 0 aromatic carbocycles. The fourth-order valence-electron chi connectivity index (χ4n) is 1.39. The minimum absolute atomic E-state index is 0.135. The third-order valence-corrected chi connectivity index (χ3v) is 3.18. The molecule has 0 radical (unpaired) electrons. The maximum absolute atomic E-state index is 11.6. The van der Waals surface area contributed by atoms with Gasteiger partial charge in [0.25, 0.3) is 0 Å². The van der Waals surface area contributed by atoms with E-state index in [9.17, 15) is 9.59 Å². The standard InChI is InChI=1S/C11H19NO3S/c1-8(13)16-7-9-5-12(6-9)10(14)15-11(2,3)4/h9H,5-7H2,1-4H3. The first kappa shape index (κ1) is 13.4. The second-order valence-electron chi connectivity index (χ2n) is 5.05. The third-order valence-electron chi connectivity index (χ3n) is 2.13. The predicted molar refractivity (Wildman–Crippen MR) is 64.4 cm³/mol.